The maximum Gasteiger partial charge on any atom is 0.0846 e. The molecule has 4 aliphatic rings. The summed E-state index contributed by atoms with van der Waals surface area (Å²) in [6, 6.07) is 4.95. The Hall–Kier alpha value is 1.10. The van der Waals surface area contributed by atoms with E-state index in [-0.39, 0.29) is 0 Å². The number of thioether (sulfide) groups is 4. The van der Waals surface area contributed by atoms with Gasteiger partial charge in [0.05, 0.1) is 9.16 Å². The van der Waals surface area contributed by atoms with Gasteiger partial charge in [0.25, 0.3) is 0 Å². The highest BCUT2D eigenvalue weighted by Gasteiger charge is 2.36. The average molecular weight is 429 g/mol. The minimum absolute atomic E-state index is 0.721. The number of hydrogen-bond acceptors (Lipinski definition) is 5. The number of rotatable bonds is 2. The third kappa shape index (κ3) is 3.97. The minimum Gasteiger partial charge on any atom is -0.142 e. The van der Waals surface area contributed by atoms with Crippen molar-refractivity contribution >= 4 is 58.4 Å². The topological polar surface area (TPSA) is 0 Å². The largest absolute Gasteiger partial charge is 0.142 e. The molecule has 0 nitrogen and oxygen atoms in total. The van der Waals surface area contributed by atoms with E-state index in [4.69, 9.17) is 0 Å². The molecule has 0 aromatic carbocycles. The molecule has 0 spiro atoms. The van der Waals surface area contributed by atoms with Crippen LogP contribution in [-0.4, -0.2) is 22.0 Å². The Kier molecular flexibility index (Phi) is 5.97. The van der Waals surface area contributed by atoms with Gasteiger partial charge in [0.15, 0.2) is 0 Å². The molecule has 25 heavy (non-hydrogen) atoms. The first kappa shape index (κ1) is 18.1. The Morgan fingerprint density at radius 2 is 1.12 bits per heavy atom. The molecular formula is C20H28S5. The van der Waals surface area contributed by atoms with Gasteiger partial charge < -0.3 is 0 Å². The molecule has 5 heteroatoms. The lowest BCUT2D eigenvalue weighted by Crippen LogP contribution is -2.28. The predicted molar refractivity (Wildman–Crippen MR) is 121 cm³/mol. The van der Waals surface area contributed by atoms with Crippen LogP contribution in [0.5, 0.6) is 0 Å². The van der Waals surface area contributed by atoms with Crippen molar-refractivity contribution in [2.45, 2.75) is 71.0 Å². The second-order valence-electron chi connectivity index (χ2n) is 8.01. The zero-order valence-corrected chi connectivity index (χ0v) is 18.8. The van der Waals surface area contributed by atoms with E-state index in [2.05, 4.69) is 70.5 Å². The molecule has 138 valence electrons. The summed E-state index contributed by atoms with van der Waals surface area (Å²) in [5.41, 5.74) is 0. The first-order valence-electron chi connectivity index (χ1n) is 10.0. The van der Waals surface area contributed by atoms with Crippen LogP contribution in [0.2, 0.25) is 0 Å². The minimum atomic E-state index is 0.721. The van der Waals surface area contributed by atoms with Crippen LogP contribution in [-0.2, 0) is 0 Å². The molecule has 2 saturated heterocycles. The van der Waals surface area contributed by atoms with Crippen molar-refractivity contribution in [3.8, 4) is 0 Å². The summed E-state index contributed by atoms with van der Waals surface area (Å²) in [6.07, 6.45) is 11.8. The van der Waals surface area contributed by atoms with Gasteiger partial charge in [0, 0.05) is 20.3 Å². The molecule has 0 bridgehead atoms. The second kappa shape index (κ2) is 8.23. The SMILES string of the molecule is c1cc(C2SCC3CCCCC3S2)sc1C1SCC2CCCCC2S1. The Morgan fingerprint density at radius 3 is 1.64 bits per heavy atom. The van der Waals surface area contributed by atoms with Gasteiger partial charge in [-0.15, -0.1) is 58.4 Å². The van der Waals surface area contributed by atoms with Gasteiger partial charge in [0.1, 0.15) is 0 Å². The summed E-state index contributed by atoms with van der Waals surface area (Å²) in [7, 11) is 0. The molecular weight excluding hydrogens is 401 g/mol. The molecule has 4 fully saturated rings. The van der Waals surface area contributed by atoms with Crippen molar-refractivity contribution in [2.75, 3.05) is 11.5 Å². The highest BCUT2D eigenvalue weighted by molar-refractivity contribution is 8.18. The summed E-state index contributed by atoms with van der Waals surface area (Å²) >= 11 is 11.2. The lowest BCUT2D eigenvalue weighted by atomic mass is 9.90. The fourth-order valence-electron chi connectivity index (χ4n) is 4.83. The molecule has 2 aliphatic carbocycles. The first-order chi connectivity index (χ1) is 12.4. The summed E-state index contributed by atoms with van der Waals surface area (Å²) in [6.45, 7) is 0. The molecule has 0 amide bonds. The summed E-state index contributed by atoms with van der Waals surface area (Å²) in [4.78, 5) is 3.31. The maximum atomic E-state index is 2.47. The van der Waals surface area contributed by atoms with Crippen LogP contribution in [0.1, 0.15) is 70.3 Å². The third-order valence-electron chi connectivity index (χ3n) is 6.31. The van der Waals surface area contributed by atoms with Gasteiger partial charge >= 0.3 is 0 Å². The molecule has 6 atom stereocenters. The van der Waals surface area contributed by atoms with Crippen molar-refractivity contribution in [1.29, 1.82) is 0 Å². The van der Waals surface area contributed by atoms with Crippen LogP contribution in [0, 0.1) is 11.8 Å². The maximum absolute atomic E-state index is 2.47. The molecule has 5 rings (SSSR count). The van der Waals surface area contributed by atoms with Gasteiger partial charge in [-0.05, 0) is 61.2 Å². The van der Waals surface area contributed by atoms with Crippen molar-refractivity contribution in [3.05, 3.63) is 21.9 Å². The number of thiophene rings is 1. The molecule has 0 radical (unpaired) electrons. The zero-order chi connectivity index (χ0) is 16.6. The fourth-order valence-corrected chi connectivity index (χ4v) is 13.8. The lowest BCUT2D eigenvalue weighted by Gasteiger charge is -2.38. The van der Waals surface area contributed by atoms with Crippen molar-refractivity contribution in [3.63, 3.8) is 0 Å². The van der Waals surface area contributed by atoms with E-state index in [1.54, 1.807) is 9.75 Å². The van der Waals surface area contributed by atoms with Crippen molar-refractivity contribution in [1.82, 2.24) is 0 Å². The summed E-state index contributed by atoms with van der Waals surface area (Å²) in [5.74, 6) is 4.83. The predicted octanol–water partition coefficient (Wildman–Crippen LogP) is 7.82. The Balaban J connectivity index is 1.24. The second-order valence-corrected chi connectivity index (χ2v) is 14.7. The van der Waals surface area contributed by atoms with Crippen LogP contribution >= 0.6 is 58.4 Å². The molecule has 1 aromatic heterocycles. The fraction of sp³-hybridized carbons (Fsp3) is 0.800. The highest BCUT2D eigenvalue weighted by atomic mass is 32.2. The Bertz CT molecular complexity index is 536. The van der Waals surface area contributed by atoms with Gasteiger partial charge in [-0.2, -0.15) is 0 Å². The molecule has 1 aromatic rings. The van der Waals surface area contributed by atoms with E-state index < -0.39 is 0 Å². The van der Waals surface area contributed by atoms with Crippen LogP contribution in [0.4, 0.5) is 0 Å². The Morgan fingerprint density at radius 1 is 0.640 bits per heavy atom. The highest BCUT2D eigenvalue weighted by Crippen LogP contribution is 2.57. The van der Waals surface area contributed by atoms with E-state index in [9.17, 15) is 0 Å². The number of fused-ring (bicyclic) bond motifs is 2. The average Bonchev–Trinajstić information content (AvgIpc) is 3.17. The van der Waals surface area contributed by atoms with E-state index in [0.29, 0.717) is 0 Å². The molecule has 0 N–H and O–H groups in total. The van der Waals surface area contributed by atoms with E-state index in [1.807, 2.05) is 0 Å². The lowest BCUT2D eigenvalue weighted by molar-refractivity contribution is 0.401. The summed E-state index contributed by atoms with van der Waals surface area (Å²) < 4.78 is 1.44. The van der Waals surface area contributed by atoms with E-state index >= 15 is 0 Å². The zero-order valence-electron chi connectivity index (χ0n) is 14.7. The quantitative estimate of drug-likeness (QED) is 0.470. The molecule has 2 saturated carbocycles. The van der Waals surface area contributed by atoms with Crippen LogP contribution in [0.3, 0.4) is 0 Å². The van der Waals surface area contributed by atoms with Gasteiger partial charge in [-0.1, -0.05) is 25.7 Å². The third-order valence-corrected chi connectivity index (χ3v) is 14.9. The van der Waals surface area contributed by atoms with Gasteiger partial charge in [-0.25, -0.2) is 0 Å². The molecule has 6 unspecified atom stereocenters. The van der Waals surface area contributed by atoms with Crippen molar-refractivity contribution < 1.29 is 0 Å². The first-order valence-corrected chi connectivity index (χ1v) is 14.8. The Labute approximate surface area is 173 Å². The summed E-state index contributed by atoms with van der Waals surface area (Å²) in [5, 5.41) is 1.90. The van der Waals surface area contributed by atoms with Gasteiger partial charge in [-0.3, -0.25) is 0 Å². The monoisotopic (exact) mass is 428 g/mol. The van der Waals surface area contributed by atoms with Gasteiger partial charge in [0.2, 0.25) is 0 Å². The van der Waals surface area contributed by atoms with Crippen LogP contribution < -0.4 is 0 Å². The van der Waals surface area contributed by atoms with E-state index in [0.717, 1.165) is 31.5 Å². The number of hydrogen-bond donors (Lipinski definition) is 0. The van der Waals surface area contributed by atoms with Crippen LogP contribution in [0.25, 0.3) is 0 Å². The van der Waals surface area contributed by atoms with Crippen molar-refractivity contribution in [2.24, 2.45) is 11.8 Å². The standard InChI is InChI=1S/C20H28S5/c1-3-7-15-13(5-1)11-21-19(24-15)17-9-10-18(23-17)20-22-12-14-6-2-4-8-16(14)25-20/h9-10,13-16,19-20H,1-8,11-12H2. The normalized spacial score (nSPS) is 41.8. The smallest absolute Gasteiger partial charge is 0.0846 e. The van der Waals surface area contributed by atoms with E-state index in [1.165, 1.54) is 62.9 Å². The molecule has 2 aliphatic heterocycles. The molecule has 3 heterocycles. The van der Waals surface area contributed by atoms with Crippen LogP contribution in [0.15, 0.2) is 12.1 Å².